The number of Topliss-reactive ketones (excluding diaryl/α,β-unsaturated/α-hetero) is 1. The van der Waals surface area contributed by atoms with E-state index in [4.69, 9.17) is 15.9 Å². The summed E-state index contributed by atoms with van der Waals surface area (Å²) in [5.41, 5.74) is 0.419. The highest BCUT2D eigenvalue weighted by molar-refractivity contribution is 6.11. The molecule has 104 valence electrons. The molecule has 0 fully saturated rings. The Bertz CT molecular complexity index is 556. The minimum Gasteiger partial charge on any atom is -0.488 e. The number of ether oxygens (including phenoxy) is 2. The van der Waals surface area contributed by atoms with Crippen LogP contribution in [-0.2, 0) is 9.53 Å². The van der Waals surface area contributed by atoms with Gasteiger partial charge in [0.15, 0.2) is 11.7 Å². The molecule has 2 atom stereocenters. The van der Waals surface area contributed by atoms with Crippen LogP contribution in [0.4, 0.5) is 0 Å². The summed E-state index contributed by atoms with van der Waals surface area (Å²) in [5, 5.41) is 0. The van der Waals surface area contributed by atoms with Crippen LogP contribution in [0.25, 0.3) is 0 Å². The Hall–Kier alpha value is -2.28. The van der Waals surface area contributed by atoms with Crippen molar-refractivity contribution in [2.75, 3.05) is 6.61 Å². The number of hydrogen-bond acceptors (Lipinski definition) is 4. The molecular weight excluding hydrogens is 256 g/mol. The van der Waals surface area contributed by atoms with Gasteiger partial charge in [0.2, 0.25) is 0 Å². The van der Waals surface area contributed by atoms with Gasteiger partial charge in [0.05, 0.1) is 12.2 Å². The first kappa shape index (κ1) is 14.1. The Morgan fingerprint density at radius 3 is 2.90 bits per heavy atom. The lowest BCUT2D eigenvalue weighted by molar-refractivity contribution is -0.149. The molecule has 0 N–H and O–H groups in total. The summed E-state index contributed by atoms with van der Waals surface area (Å²) in [6.07, 6.45) is 5.57. The molecule has 4 nitrogen and oxygen atoms in total. The van der Waals surface area contributed by atoms with Crippen LogP contribution in [0.2, 0.25) is 0 Å². The molecule has 0 bridgehead atoms. The number of esters is 1. The second-order valence-corrected chi connectivity index (χ2v) is 4.49. The third-order valence-corrected chi connectivity index (χ3v) is 3.20. The normalized spacial score (nSPS) is 20.5. The molecule has 0 saturated carbocycles. The van der Waals surface area contributed by atoms with E-state index in [2.05, 4.69) is 5.92 Å². The van der Waals surface area contributed by atoms with Crippen LogP contribution in [0, 0.1) is 18.3 Å². The van der Waals surface area contributed by atoms with Crippen molar-refractivity contribution >= 4 is 11.8 Å². The van der Waals surface area contributed by atoms with Crippen molar-refractivity contribution in [1.29, 1.82) is 0 Å². The second kappa shape index (κ2) is 6.25. The van der Waals surface area contributed by atoms with Crippen molar-refractivity contribution < 1.29 is 19.1 Å². The van der Waals surface area contributed by atoms with E-state index in [0.717, 1.165) is 0 Å². The zero-order chi connectivity index (χ0) is 14.5. The Morgan fingerprint density at radius 2 is 2.20 bits per heavy atom. The molecule has 1 aromatic rings. The van der Waals surface area contributed by atoms with Crippen molar-refractivity contribution in [3.63, 3.8) is 0 Å². The van der Waals surface area contributed by atoms with Gasteiger partial charge in [-0.2, -0.15) is 0 Å². The van der Waals surface area contributed by atoms with E-state index in [0.29, 0.717) is 24.2 Å². The number of benzene rings is 1. The monoisotopic (exact) mass is 272 g/mol. The van der Waals surface area contributed by atoms with Crippen molar-refractivity contribution in [1.82, 2.24) is 0 Å². The number of fused-ring (bicyclic) bond motifs is 1. The molecule has 1 aromatic carbocycles. The van der Waals surface area contributed by atoms with Crippen molar-refractivity contribution in [3.05, 3.63) is 29.8 Å². The number of ketones is 1. The van der Waals surface area contributed by atoms with Crippen LogP contribution in [-0.4, -0.2) is 24.5 Å². The molecule has 0 saturated heterocycles. The van der Waals surface area contributed by atoms with Crippen molar-refractivity contribution in [2.24, 2.45) is 5.92 Å². The second-order valence-electron chi connectivity index (χ2n) is 4.49. The van der Waals surface area contributed by atoms with Crippen LogP contribution in [0.3, 0.4) is 0 Å². The first-order chi connectivity index (χ1) is 9.69. The Labute approximate surface area is 118 Å². The van der Waals surface area contributed by atoms with Gasteiger partial charge in [-0.05, 0) is 25.5 Å². The molecule has 2 rings (SSSR count). The molecule has 1 aliphatic heterocycles. The largest absolute Gasteiger partial charge is 0.488 e. The highest BCUT2D eigenvalue weighted by Crippen LogP contribution is 2.33. The molecule has 0 amide bonds. The fourth-order valence-electron chi connectivity index (χ4n) is 2.28. The number of carbonyl (C=O) groups excluding carboxylic acids is 2. The molecule has 0 spiro atoms. The van der Waals surface area contributed by atoms with E-state index < -0.39 is 18.0 Å². The summed E-state index contributed by atoms with van der Waals surface area (Å²) in [7, 11) is 0. The lowest BCUT2D eigenvalue weighted by atomic mass is 9.87. The van der Waals surface area contributed by atoms with Gasteiger partial charge in [-0.15, -0.1) is 12.3 Å². The van der Waals surface area contributed by atoms with Crippen LogP contribution in [0.1, 0.15) is 30.1 Å². The molecule has 20 heavy (non-hydrogen) atoms. The lowest BCUT2D eigenvalue weighted by Crippen LogP contribution is -2.43. The zero-order valence-corrected chi connectivity index (χ0v) is 11.3. The lowest BCUT2D eigenvalue weighted by Gasteiger charge is -2.30. The molecule has 1 heterocycles. The van der Waals surface area contributed by atoms with Gasteiger partial charge in [-0.3, -0.25) is 9.59 Å². The number of rotatable bonds is 4. The quantitative estimate of drug-likeness (QED) is 0.479. The average molecular weight is 272 g/mol. The SMILES string of the molecule is C#CCCC1Oc2ccccc2C(=O)C1C(=O)OCC. The highest BCUT2D eigenvalue weighted by atomic mass is 16.5. The highest BCUT2D eigenvalue weighted by Gasteiger charge is 2.42. The third kappa shape index (κ3) is 2.67. The number of hydrogen-bond donors (Lipinski definition) is 0. The predicted octanol–water partition coefficient (Wildman–Crippen LogP) is 2.22. The third-order valence-electron chi connectivity index (χ3n) is 3.20. The van der Waals surface area contributed by atoms with Crippen LogP contribution < -0.4 is 4.74 Å². The Kier molecular flexibility index (Phi) is 4.41. The summed E-state index contributed by atoms with van der Waals surface area (Å²) >= 11 is 0. The van der Waals surface area contributed by atoms with E-state index in [9.17, 15) is 9.59 Å². The number of carbonyl (C=O) groups is 2. The Morgan fingerprint density at radius 1 is 1.45 bits per heavy atom. The fourth-order valence-corrected chi connectivity index (χ4v) is 2.28. The molecule has 0 aromatic heterocycles. The number of terminal acetylenes is 1. The minimum atomic E-state index is -0.932. The van der Waals surface area contributed by atoms with Gasteiger partial charge >= 0.3 is 5.97 Å². The molecule has 1 aliphatic rings. The predicted molar refractivity (Wildman–Crippen MR) is 73.4 cm³/mol. The fraction of sp³-hybridized carbons (Fsp3) is 0.375. The topological polar surface area (TPSA) is 52.6 Å². The van der Waals surface area contributed by atoms with E-state index in [-0.39, 0.29) is 12.4 Å². The summed E-state index contributed by atoms with van der Waals surface area (Å²) in [6, 6.07) is 6.90. The van der Waals surface area contributed by atoms with E-state index in [1.165, 1.54) is 0 Å². The van der Waals surface area contributed by atoms with Crippen molar-refractivity contribution in [2.45, 2.75) is 25.9 Å². The van der Waals surface area contributed by atoms with Gasteiger partial charge in [-0.25, -0.2) is 0 Å². The maximum Gasteiger partial charge on any atom is 0.320 e. The maximum atomic E-state index is 12.5. The van der Waals surface area contributed by atoms with E-state index in [1.807, 2.05) is 0 Å². The smallest absolute Gasteiger partial charge is 0.320 e. The summed E-state index contributed by atoms with van der Waals surface area (Å²) < 4.78 is 10.8. The first-order valence-electron chi connectivity index (χ1n) is 6.59. The molecule has 0 aliphatic carbocycles. The molecule has 2 unspecified atom stereocenters. The average Bonchev–Trinajstić information content (AvgIpc) is 2.45. The minimum absolute atomic E-state index is 0.228. The van der Waals surface area contributed by atoms with Crippen molar-refractivity contribution in [3.8, 4) is 18.1 Å². The van der Waals surface area contributed by atoms with Gasteiger partial charge < -0.3 is 9.47 Å². The standard InChI is InChI=1S/C16H16O4/c1-3-5-9-13-14(16(18)19-4-2)15(17)11-8-6-7-10-12(11)20-13/h1,6-8,10,13-14H,4-5,9H2,2H3. The molecular formula is C16H16O4. The Balaban J connectivity index is 2.33. The summed E-state index contributed by atoms with van der Waals surface area (Å²) in [4.78, 5) is 24.5. The maximum absolute atomic E-state index is 12.5. The van der Waals surface area contributed by atoms with E-state index in [1.54, 1.807) is 31.2 Å². The van der Waals surface area contributed by atoms with Gasteiger partial charge in [-0.1, -0.05) is 12.1 Å². The van der Waals surface area contributed by atoms with Gasteiger partial charge in [0.1, 0.15) is 11.9 Å². The summed E-state index contributed by atoms with van der Waals surface area (Å²) in [6.45, 7) is 1.93. The van der Waals surface area contributed by atoms with Crippen LogP contribution >= 0.6 is 0 Å². The van der Waals surface area contributed by atoms with Gasteiger partial charge in [0.25, 0.3) is 0 Å². The van der Waals surface area contributed by atoms with Crippen LogP contribution in [0.5, 0.6) is 5.75 Å². The van der Waals surface area contributed by atoms with Gasteiger partial charge in [0, 0.05) is 6.42 Å². The molecule has 4 heteroatoms. The van der Waals surface area contributed by atoms with Crippen LogP contribution in [0.15, 0.2) is 24.3 Å². The number of para-hydroxylation sites is 1. The zero-order valence-electron chi connectivity index (χ0n) is 11.3. The van der Waals surface area contributed by atoms with E-state index >= 15 is 0 Å². The molecule has 0 radical (unpaired) electrons. The summed E-state index contributed by atoms with van der Waals surface area (Å²) in [5.74, 6) is 1.27. The first-order valence-corrected chi connectivity index (χ1v) is 6.59.